The topological polar surface area (TPSA) is 32.7 Å². The Morgan fingerprint density at radius 2 is 2.18 bits per heavy atom. The van der Waals surface area contributed by atoms with Crippen molar-refractivity contribution >= 4 is 0 Å². The largest absolute Gasteiger partial charge is 0.396 e. The van der Waals surface area contributed by atoms with Crippen molar-refractivity contribution in [3.05, 3.63) is 35.6 Å². The van der Waals surface area contributed by atoms with Crippen molar-refractivity contribution in [1.82, 2.24) is 4.90 Å². The van der Waals surface area contributed by atoms with Crippen LogP contribution in [-0.2, 0) is 4.74 Å². The van der Waals surface area contributed by atoms with Gasteiger partial charge in [-0.05, 0) is 31.8 Å². The molecular weight excluding hydrogens is 221 g/mol. The summed E-state index contributed by atoms with van der Waals surface area (Å²) in [6.45, 7) is 1.08. The molecular formula is C13H18FNO2. The first kappa shape index (κ1) is 12.5. The van der Waals surface area contributed by atoms with Crippen molar-refractivity contribution in [3.63, 3.8) is 0 Å². The van der Waals surface area contributed by atoms with Gasteiger partial charge >= 0.3 is 0 Å². The van der Waals surface area contributed by atoms with E-state index in [9.17, 15) is 9.50 Å². The molecule has 17 heavy (non-hydrogen) atoms. The molecule has 94 valence electrons. The van der Waals surface area contributed by atoms with Crippen LogP contribution in [0.1, 0.15) is 11.6 Å². The highest BCUT2D eigenvalue weighted by molar-refractivity contribution is 5.23. The van der Waals surface area contributed by atoms with Gasteiger partial charge in [0, 0.05) is 6.04 Å². The third-order valence-electron chi connectivity index (χ3n) is 3.35. The summed E-state index contributed by atoms with van der Waals surface area (Å²) in [6.07, 6.45) is 0. The summed E-state index contributed by atoms with van der Waals surface area (Å²) in [4.78, 5) is 2.01. The highest BCUT2D eigenvalue weighted by Gasteiger charge is 2.47. The summed E-state index contributed by atoms with van der Waals surface area (Å²) >= 11 is 0. The van der Waals surface area contributed by atoms with Crippen LogP contribution in [0.4, 0.5) is 4.39 Å². The zero-order valence-corrected chi connectivity index (χ0v) is 10.2. The van der Waals surface area contributed by atoms with Crippen LogP contribution < -0.4 is 0 Å². The first-order valence-corrected chi connectivity index (χ1v) is 5.69. The van der Waals surface area contributed by atoms with Crippen molar-refractivity contribution in [3.8, 4) is 0 Å². The lowest BCUT2D eigenvalue weighted by molar-refractivity contribution is -0.172. The van der Waals surface area contributed by atoms with E-state index in [2.05, 4.69) is 0 Å². The second-order valence-electron chi connectivity index (χ2n) is 4.93. The molecule has 0 aliphatic carbocycles. The number of ether oxygens (including phenoxy) is 1. The number of nitrogens with zero attached hydrogens (tertiary/aromatic N) is 1. The normalized spacial score (nSPS) is 20.1. The standard InChI is InChI=1S/C13H18FNO2/c1-15(2)12(13(7-16)8-17-9-13)10-4-3-5-11(14)6-10/h3-6,12,16H,7-9H2,1-2H3. The van der Waals surface area contributed by atoms with E-state index < -0.39 is 0 Å². The van der Waals surface area contributed by atoms with Crippen LogP contribution in [0.2, 0.25) is 0 Å². The molecule has 1 fully saturated rings. The number of aliphatic hydroxyl groups excluding tert-OH is 1. The molecule has 0 bridgehead atoms. The molecule has 0 saturated carbocycles. The molecule has 1 aromatic carbocycles. The second kappa shape index (κ2) is 4.72. The van der Waals surface area contributed by atoms with Crippen LogP contribution in [0, 0.1) is 11.2 Å². The zero-order chi connectivity index (χ0) is 12.5. The lowest BCUT2D eigenvalue weighted by atomic mass is 9.75. The maximum absolute atomic E-state index is 13.3. The Labute approximate surface area is 101 Å². The van der Waals surface area contributed by atoms with Crippen LogP contribution >= 0.6 is 0 Å². The van der Waals surface area contributed by atoms with E-state index in [1.165, 1.54) is 12.1 Å². The average Bonchev–Trinajstić information content (AvgIpc) is 2.22. The average molecular weight is 239 g/mol. The molecule has 1 heterocycles. The van der Waals surface area contributed by atoms with Crippen LogP contribution in [0.5, 0.6) is 0 Å². The molecule has 0 spiro atoms. The molecule has 0 aromatic heterocycles. The minimum Gasteiger partial charge on any atom is -0.396 e. The Morgan fingerprint density at radius 1 is 1.47 bits per heavy atom. The van der Waals surface area contributed by atoms with Gasteiger partial charge in [-0.2, -0.15) is 0 Å². The highest BCUT2D eigenvalue weighted by Crippen LogP contribution is 2.43. The Hall–Kier alpha value is -0.970. The molecule has 0 radical (unpaired) electrons. The minimum atomic E-state index is -0.308. The van der Waals surface area contributed by atoms with Gasteiger partial charge in [-0.25, -0.2) is 4.39 Å². The molecule has 2 rings (SSSR count). The molecule has 1 N–H and O–H groups in total. The van der Waals surface area contributed by atoms with E-state index in [1.807, 2.05) is 25.1 Å². The van der Waals surface area contributed by atoms with Gasteiger partial charge in [0.2, 0.25) is 0 Å². The van der Waals surface area contributed by atoms with Gasteiger partial charge in [0.1, 0.15) is 5.82 Å². The summed E-state index contributed by atoms with van der Waals surface area (Å²) in [6, 6.07) is 6.52. The Morgan fingerprint density at radius 3 is 2.59 bits per heavy atom. The van der Waals surface area contributed by atoms with E-state index in [0.29, 0.717) is 13.2 Å². The van der Waals surface area contributed by atoms with E-state index in [0.717, 1.165) is 5.56 Å². The lowest BCUT2D eigenvalue weighted by Crippen LogP contribution is -2.53. The number of rotatable bonds is 4. The van der Waals surface area contributed by atoms with Crippen LogP contribution in [0.3, 0.4) is 0 Å². The van der Waals surface area contributed by atoms with Crippen molar-refractivity contribution < 1.29 is 14.2 Å². The third kappa shape index (κ3) is 2.20. The molecule has 3 nitrogen and oxygen atoms in total. The summed E-state index contributed by atoms with van der Waals surface area (Å²) in [5.41, 5.74) is 0.574. The SMILES string of the molecule is CN(C)C(c1cccc(F)c1)C1(CO)COC1. The monoisotopic (exact) mass is 239 g/mol. The summed E-state index contributed by atoms with van der Waals surface area (Å²) < 4.78 is 18.5. The lowest BCUT2D eigenvalue weighted by Gasteiger charge is -2.48. The van der Waals surface area contributed by atoms with Gasteiger partial charge in [0.25, 0.3) is 0 Å². The van der Waals surface area contributed by atoms with Gasteiger partial charge in [-0.1, -0.05) is 12.1 Å². The highest BCUT2D eigenvalue weighted by atomic mass is 19.1. The first-order valence-electron chi connectivity index (χ1n) is 5.69. The van der Waals surface area contributed by atoms with E-state index in [1.54, 1.807) is 6.07 Å². The maximum Gasteiger partial charge on any atom is 0.123 e. The van der Waals surface area contributed by atoms with Gasteiger partial charge < -0.3 is 14.7 Å². The Balaban J connectivity index is 2.35. The van der Waals surface area contributed by atoms with Crippen molar-refractivity contribution in [1.29, 1.82) is 0 Å². The smallest absolute Gasteiger partial charge is 0.123 e. The third-order valence-corrected chi connectivity index (χ3v) is 3.35. The molecule has 1 aliphatic heterocycles. The van der Waals surface area contributed by atoms with Crippen LogP contribution in [-0.4, -0.2) is 43.9 Å². The number of hydrogen-bond acceptors (Lipinski definition) is 3. The summed E-state index contributed by atoms with van der Waals surface area (Å²) in [5.74, 6) is -0.248. The van der Waals surface area contributed by atoms with Crippen molar-refractivity contribution in [2.24, 2.45) is 5.41 Å². The Kier molecular flexibility index (Phi) is 3.47. The molecule has 1 atom stereocenters. The summed E-state index contributed by atoms with van der Waals surface area (Å²) in [7, 11) is 3.87. The van der Waals surface area contributed by atoms with E-state index >= 15 is 0 Å². The fourth-order valence-electron chi connectivity index (χ4n) is 2.58. The fourth-order valence-corrected chi connectivity index (χ4v) is 2.58. The molecule has 1 aliphatic rings. The predicted octanol–water partition coefficient (Wildman–Crippen LogP) is 1.44. The van der Waals surface area contributed by atoms with E-state index in [4.69, 9.17) is 4.74 Å². The van der Waals surface area contributed by atoms with Crippen LogP contribution in [0.25, 0.3) is 0 Å². The molecule has 4 heteroatoms. The van der Waals surface area contributed by atoms with Crippen molar-refractivity contribution in [2.45, 2.75) is 6.04 Å². The number of benzene rings is 1. The molecule has 1 unspecified atom stereocenters. The molecule has 0 amide bonds. The van der Waals surface area contributed by atoms with Crippen molar-refractivity contribution in [2.75, 3.05) is 33.9 Å². The second-order valence-corrected chi connectivity index (χ2v) is 4.93. The zero-order valence-electron chi connectivity index (χ0n) is 10.2. The predicted molar refractivity (Wildman–Crippen MR) is 63.2 cm³/mol. The Bertz CT molecular complexity index is 385. The summed E-state index contributed by atoms with van der Waals surface area (Å²) in [5, 5.41) is 9.59. The maximum atomic E-state index is 13.3. The van der Waals surface area contributed by atoms with Gasteiger partial charge in [0.15, 0.2) is 0 Å². The molecule has 1 aromatic rings. The van der Waals surface area contributed by atoms with Crippen LogP contribution in [0.15, 0.2) is 24.3 Å². The first-order chi connectivity index (χ1) is 8.09. The fraction of sp³-hybridized carbons (Fsp3) is 0.538. The van der Waals surface area contributed by atoms with Gasteiger partial charge in [-0.15, -0.1) is 0 Å². The quantitative estimate of drug-likeness (QED) is 0.863. The van der Waals surface area contributed by atoms with Gasteiger partial charge in [0.05, 0.1) is 25.2 Å². The number of aliphatic hydroxyl groups is 1. The number of hydrogen-bond donors (Lipinski definition) is 1. The number of halogens is 1. The molecule has 1 saturated heterocycles. The minimum absolute atomic E-state index is 0.0306. The van der Waals surface area contributed by atoms with Gasteiger partial charge in [-0.3, -0.25) is 0 Å². The van der Waals surface area contributed by atoms with E-state index in [-0.39, 0.29) is 23.9 Å².